The van der Waals surface area contributed by atoms with Crippen LogP contribution in [-0.4, -0.2) is 43.6 Å². The van der Waals surface area contributed by atoms with Crippen LogP contribution < -0.4 is 9.47 Å². The third-order valence-corrected chi connectivity index (χ3v) is 5.81. The molecule has 3 rings (SSSR count). The van der Waals surface area contributed by atoms with Gasteiger partial charge in [0.15, 0.2) is 21.3 Å². The molecule has 0 aliphatic carbocycles. The molecule has 0 saturated carbocycles. The molecule has 0 spiro atoms. The van der Waals surface area contributed by atoms with Crippen LogP contribution in [0.1, 0.15) is 25.3 Å². The van der Waals surface area contributed by atoms with Gasteiger partial charge in [0.1, 0.15) is 0 Å². The second-order valence-electron chi connectivity index (χ2n) is 5.62. The first-order chi connectivity index (χ1) is 10.5. The van der Waals surface area contributed by atoms with Gasteiger partial charge in [-0.1, -0.05) is 13.0 Å². The summed E-state index contributed by atoms with van der Waals surface area (Å²) in [5.41, 5.74) is 0.912. The first-order valence-corrected chi connectivity index (χ1v) is 9.19. The SMILES string of the molecule is CCC(=O)N(Cc1ccc2c(c1)OCO2)C1CCS(=O)(=O)C1. The van der Waals surface area contributed by atoms with E-state index in [1.54, 1.807) is 11.8 Å². The molecule has 7 heteroatoms. The normalized spacial score (nSPS) is 21.8. The lowest BCUT2D eigenvalue weighted by molar-refractivity contribution is -0.133. The topological polar surface area (TPSA) is 72.9 Å². The fraction of sp³-hybridized carbons (Fsp3) is 0.533. The molecule has 2 heterocycles. The first kappa shape index (κ1) is 15.1. The molecule has 6 nitrogen and oxygen atoms in total. The number of sulfone groups is 1. The van der Waals surface area contributed by atoms with Crippen molar-refractivity contribution >= 4 is 15.7 Å². The zero-order chi connectivity index (χ0) is 15.7. The Hall–Kier alpha value is -1.76. The van der Waals surface area contributed by atoms with Crippen LogP contribution in [0.3, 0.4) is 0 Å². The van der Waals surface area contributed by atoms with E-state index in [2.05, 4.69) is 0 Å². The minimum Gasteiger partial charge on any atom is -0.454 e. The lowest BCUT2D eigenvalue weighted by Crippen LogP contribution is -2.40. The van der Waals surface area contributed by atoms with Crippen LogP contribution in [0.2, 0.25) is 0 Å². The molecule has 1 saturated heterocycles. The van der Waals surface area contributed by atoms with Crippen molar-refractivity contribution in [2.24, 2.45) is 0 Å². The second-order valence-corrected chi connectivity index (χ2v) is 7.85. The summed E-state index contributed by atoms with van der Waals surface area (Å²) < 4.78 is 34.0. The van der Waals surface area contributed by atoms with Gasteiger partial charge in [0, 0.05) is 19.0 Å². The van der Waals surface area contributed by atoms with E-state index >= 15 is 0 Å². The molecule has 1 aromatic rings. The molecule has 1 unspecified atom stereocenters. The summed E-state index contributed by atoms with van der Waals surface area (Å²) >= 11 is 0. The van der Waals surface area contributed by atoms with E-state index in [9.17, 15) is 13.2 Å². The predicted octanol–water partition coefficient (Wildman–Crippen LogP) is 1.34. The molecule has 1 aromatic carbocycles. The van der Waals surface area contributed by atoms with E-state index in [1.807, 2.05) is 18.2 Å². The van der Waals surface area contributed by atoms with Gasteiger partial charge < -0.3 is 14.4 Å². The number of ether oxygens (including phenoxy) is 2. The third-order valence-electron chi connectivity index (χ3n) is 4.06. The van der Waals surface area contributed by atoms with E-state index in [0.29, 0.717) is 30.9 Å². The summed E-state index contributed by atoms with van der Waals surface area (Å²) in [6.45, 7) is 2.39. The van der Waals surface area contributed by atoms with Gasteiger partial charge in [0.2, 0.25) is 12.7 Å². The highest BCUT2D eigenvalue weighted by Crippen LogP contribution is 2.33. The number of benzene rings is 1. The van der Waals surface area contributed by atoms with Crippen LogP contribution >= 0.6 is 0 Å². The Morgan fingerprint density at radius 3 is 2.77 bits per heavy atom. The van der Waals surface area contributed by atoms with Gasteiger partial charge >= 0.3 is 0 Å². The summed E-state index contributed by atoms with van der Waals surface area (Å²) in [6, 6.07) is 5.31. The fourth-order valence-corrected chi connectivity index (χ4v) is 4.61. The number of carbonyl (C=O) groups is 1. The minimum atomic E-state index is -3.02. The van der Waals surface area contributed by atoms with E-state index < -0.39 is 9.84 Å². The summed E-state index contributed by atoms with van der Waals surface area (Å²) in [4.78, 5) is 13.9. The van der Waals surface area contributed by atoms with Crippen LogP contribution in [0.15, 0.2) is 18.2 Å². The van der Waals surface area contributed by atoms with Crippen molar-refractivity contribution in [1.29, 1.82) is 0 Å². The van der Waals surface area contributed by atoms with E-state index in [0.717, 1.165) is 5.56 Å². The maximum absolute atomic E-state index is 12.2. The Bertz CT molecular complexity index is 685. The number of carbonyl (C=O) groups excluding carboxylic acids is 1. The number of nitrogens with zero attached hydrogens (tertiary/aromatic N) is 1. The Morgan fingerprint density at radius 2 is 2.09 bits per heavy atom. The number of amides is 1. The molecule has 2 aliphatic heterocycles. The zero-order valence-corrected chi connectivity index (χ0v) is 13.3. The van der Waals surface area contributed by atoms with Gasteiger partial charge in [-0.15, -0.1) is 0 Å². The Morgan fingerprint density at radius 1 is 1.32 bits per heavy atom. The third kappa shape index (κ3) is 3.04. The lowest BCUT2D eigenvalue weighted by Gasteiger charge is -2.28. The number of hydrogen-bond acceptors (Lipinski definition) is 5. The van der Waals surface area contributed by atoms with Gasteiger partial charge in [-0.05, 0) is 24.1 Å². The van der Waals surface area contributed by atoms with Gasteiger partial charge in [-0.3, -0.25) is 4.79 Å². The van der Waals surface area contributed by atoms with Crippen LogP contribution in [-0.2, 0) is 21.2 Å². The fourth-order valence-electron chi connectivity index (χ4n) is 2.88. The van der Waals surface area contributed by atoms with Crippen molar-refractivity contribution in [3.8, 4) is 11.5 Å². The largest absolute Gasteiger partial charge is 0.454 e. The molecule has 0 bridgehead atoms. The van der Waals surface area contributed by atoms with Crippen molar-refractivity contribution in [2.45, 2.75) is 32.4 Å². The quantitative estimate of drug-likeness (QED) is 0.835. The predicted molar refractivity (Wildman–Crippen MR) is 80.5 cm³/mol. The lowest BCUT2D eigenvalue weighted by atomic mass is 10.1. The first-order valence-electron chi connectivity index (χ1n) is 7.37. The van der Waals surface area contributed by atoms with E-state index in [-0.39, 0.29) is 30.2 Å². The molecule has 1 amide bonds. The minimum absolute atomic E-state index is 0.0280. The number of rotatable bonds is 4. The van der Waals surface area contributed by atoms with Gasteiger partial charge in [0.05, 0.1) is 11.5 Å². The van der Waals surface area contributed by atoms with Crippen molar-refractivity contribution in [3.63, 3.8) is 0 Å². The molecule has 0 N–H and O–H groups in total. The summed E-state index contributed by atoms with van der Waals surface area (Å²) in [7, 11) is -3.02. The standard InChI is InChI=1S/C15H19NO5S/c1-2-15(17)16(12-5-6-22(18,19)9-12)8-11-3-4-13-14(7-11)21-10-20-13/h3-4,7,12H,2,5-6,8-10H2,1H3. The Labute approximate surface area is 129 Å². The highest BCUT2D eigenvalue weighted by atomic mass is 32.2. The average molecular weight is 325 g/mol. The molecule has 120 valence electrons. The molecule has 0 aromatic heterocycles. The van der Waals surface area contributed by atoms with Crippen molar-refractivity contribution < 1.29 is 22.7 Å². The van der Waals surface area contributed by atoms with Crippen LogP contribution in [0.4, 0.5) is 0 Å². The summed E-state index contributed by atoms with van der Waals surface area (Å²) in [6.07, 6.45) is 0.875. The molecular formula is C15H19NO5S. The van der Waals surface area contributed by atoms with E-state index in [1.165, 1.54) is 0 Å². The van der Waals surface area contributed by atoms with Crippen molar-refractivity contribution in [3.05, 3.63) is 23.8 Å². The van der Waals surface area contributed by atoms with Gasteiger partial charge in [0.25, 0.3) is 0 Å². The maximum Gasteiger partial charge on any atom is 0.231 e. The maximum atomic E-state index is 12.2. The molecule has 0 radical (unpaired) electrons. The van der Waals surface area contributed by atoms with Crippen LogP contribution in [0.5, 0.6) is 11.5 Å². The highest BCUT2D eigenvalue weighted by Gasteiger charge is 2.34. The second kappa shape index (κ2) is 5.79. The van der Waals surface area contributed by atoms with Crippen molar-refractivity contribution in [2.75, 3.05) is 18.3 Å². The molecule has 1 fully saturated rings. The van der Waals surface area contributed by atoms with Gasteiger partial charge in [-0.25, -0.2) is 8.42 Å². The van der Waals surface area contributed by atoms with Crippen LogP contribution in [0.25, 0.3) is 0 Å². The molecule has 1 atom stereocenters. The number of hydrogen-bond donors (Lipinski definition) is 0. The van der Waals surface area contributed by atoms with Crippen LogP contribution in [0, 0.1) is 0 Å². The number of fused-ring (bicyclic) bond motifs is 1. The smallest absolute Gasteiger partial charge is 0.231 e. The van der Waals surface area contributed by atoms with Gasteiger partial charge in [-0.2, -0.15) is 0 Å². The van der Waals surface area contributed by atoms with E-state index in [4.69, 9.17) is 9.47 Å². The highest BCUT2D eigenvalue weighted by molar-refractivity contribution is 7.91. The Balaban J connectivity index is 1.80. The Kier molecular flexibility index (Phi) is 3.99. The molecular weight excluding hydrogens is 306 g/mol. The molecule has 2 aliphatic rings. The molecule has 22 heavy (non-hydrogen) atoms. The monoisotopic (exact) mass is 325 g/mol. The zero-order valence-electron chi connectivity index (χ0n) is 12.4. The summed E-state index contributed by atoms with van der Waals surface area (Å²) in [5, 5.41) is 0. The summed E-state index contributed by atoms with van der Waals surface area (Å²) in [5.74, 6) is 1.55. The van der Waals surface area contributed by atoms with Crippen molar-refractivity contribution in [1.82, 2.24) is 4.90 Å². The average Bonchev–Trinajstić information content (AvgIpc) is 3.09.